The van der Waals surface area contributed by atoms with Crippen molar-refractivity contribution >= 4 is 17.4 Å². The minimum absolute atomic E-state index is 1.17. The van der Waals surface area contributed by atoms with Gasteiger partial charge in [0.2, 0.25) is 0 Å². The molecule has 8 heavy (non-hydrogen) atoms. The van der Waals surface area contributed by atoms with Crippen LogP contribution >= 0.6 is 17.4 Å². The molecule has 0 bridgehead atoms. The first-order chi connectivity index (χ1) is 3.83. The summed E-state index contributed by atoms with van der Waals surface area (Å²) in [5.74, 6) is 0. The number of hydrogen-bond donors (Lipinski definition) is 2. The summed E-state index contributed by atoms with van der Waals surface area (Å²) in [5.41, 5.74) is 0. The Kier molecular flexibility index (Phi) is 133. The molecule has 0 aliphatic carbocycles. The topological polar surface area (TPSA) is 74.6 Å². The van der Waals surface area contributed by atoms with E-state index in [4.69, 9.17) is 18.9 Å². The molecule has 2 N–H and O–H groups in total. The maximum Gasteiger partial charge on any atom is 0.491 e. The van der Waals surface area contributed by atoms with Gasteiger partial charge in [-0.05, 0) is 9.13 Å². The van der Waals surface area contributed by atoms with Gasteiger partial charge in [0.25, 0.3) is 0 Å². The van der Waals surface area contributed by atoms with Crippen LogP contribution in [0.3, 0.4) is 0 Å². The van der Waals surface area contributed by atoms with E-state index >= 15 is 0 Å². The lowest BCUT2D eigenvalue weighted by Crippen LogP contribution is -1.03. The second kappa shape index (κ2) is 68.1. The van der Waals surface area contributed by atoms with E-state index in [2.05, 4.69) is 13.2 Å². The van der Waals surface area contributed by atoms with Crippen molar-refractivity contribution in [1.29, 1.82) is 0 Å². The summed E-state index contributed by atoms with van der Waals surface area (Å²) >= 11 is 0. The first-order valence-corrected chi connectivity index (χ1v) is 3.07. The van der Waals surface area contributed by atoms with E-state index in [1.165, 1.54) is 0 Å². The van der Waals surface area contributed by atoms with Crippen LogP contribution in [0.2, 0.25) is 0 Å². The van der Waals surface area contributed by atoms with Gasteiger partial charge in [-0.2, -0.15) is 9.79 Å². The Bertz CT molecular complexity index is 41.3. The molecule has 0 aromatic carbocycles. The van der Waals surface area contributed by atoms with E-state index in [1.54, 1.807) is 0 Å². The third kappa shape index (κ3) is 7060. The zero-order chi connectivity index (χ0) is 7.41. The fraction of sp³-hybridized carbons (Fsp3) is 0. The van der Waals surface area contributed by atoms with Gasteiger partial charge in [0.05, 0.1) is 0 Å². The zero-order valence-corrected chi connectivity index (χ0v) is 6.13. The second-order valence-electron chi connectivity index (χ2n) is 0.183. The molecule has 2 unspecified atom stereocenters. The lowest BCUT2D eigenvalue weighted by molar-refractivity contribution is 0.523. The Hall–Kier alpha value is -0.140. The van der Waals surface area contributed by atoms with Crippen molar-refractivity contribution in [3.8, 4) is 0 Å². The molecular weight excluding hydrogens is 150 g/mol. The quantitative estimate of drug-likeness (QED) is 0.400. The molecule has 0 heterocycles. The first kappa shape index (κ1) is 15.7. The molecule has 0 amide bonds. The Morgan fingerprint density at radius 1 is 1.00 bits per heavy atom. The smallest absolute Gasteiger partial charge is 0.162 e. The van der Waals surface area contributed by atoms with Crippen molar-refractivity contribution in [2.75, 3.05) is 0 Å². The maximum atomic E-state index is 8.51. The fourth-order valence-electron chi connectivity index (χ4n) is 0. The SMILES string of the molecule is C=C.O=[PH+]O.O=[PH+]O. The van der Waals surface area contributed by atoms with Crippen molar-refractivity contribution in [1.82, 2.24) is 0 Å². The minimum atomic E-state index is -1.17. The van der Waals surface area contributed by atoms with E-state index in [-0.39, 0.29) is 0 Å². The van der Waals surface area contributed by atoms with Crippen LogP contribution in [-0.4, -0.2) is 9.79 Å². The summed E-state index contributed by atoms with van der Waals surface area (Å²) in [6, 6.07) is 0. The largest absolute Gasteiger partial charge is 0.491 e. The van der Waals surface area contributed by atoms with Crippen molar-refractivity contribution < 1.29 is 18.9 Å². The van der Waals surface area contributed by atoms with Gasteiger partial charge in [-0.25, -0.2) is 0 Å². The number of hydrogen-bond acceptors (Lipinski definition) is 2. The molecule has 0 spiro atoms. The Morgan fingerprint density at radius 3 is 1.00 bits per heavy atom. The van der Waals surface area contributed by atoms with Gasteiger partial charge in [-0.15, -0.1) is 13.2 Å². The molecule has 0 radical (unpaired) electrons. The minimum Gasteiger partial charge on any atom is -0.162 e. The van der Waals surface area contributed by atoms with E-state index in [9.17, 15) is 0 Å². The highest BCUT2D eigenvalue weighted by molar-refractivity contribution is 7.16. The van der Waals surface area contributed by atoms with Crippen LogP contribution in [0.5, 0.6) is 0 Å². The third-order valence-electron chi connectivity index (χ3n) is 0. The molecule has 4 nitrogen and oxygen atoms in total. The molecule has 48 valence electrons. The molecule has 0 saturated heterocycles. The van der Waals surface area contributed by atoms with Gasteiger partial charge >= 0.3 is 17.4 Å². The van der Waals surface area contributed by atoms with Crippen LogP contribution in [0, 0.1) is 0 Å². The Morgan fingerprint density at radius 2 is 1.00 bits per heavy atom. The van der Waals surface area contributed by atoms with Gasteiger partial charge in [-0.3, -0.25) is 0 Å². The van der Waals surface area contributed by atoms with Crippen LogP contribution in [0.25, 0.3) is 0 Å². The lowest BCUT2D eigenvalue weighted by atomic mass is 11.3. The summed E-state index contributed by atoms with van der Waals surface area (Å²) in [4.78, 5) is 14.1. The van der Waals surface area contributed by atoms with E-state index in [1.807, 2.05) is 0 Å². The van der Waals surface area contributed by atoms with Gasteiger partial charge in [0, 0.05) is 0 Å². The highest BCUT2D eigenvalue weighted by Gasteiger charge is 1.45. The predicted octanol–water partition coefficient (Wildman–Crippen LogP) is 0.638. The highest BCUT2D eigenvalue weighted by atomic mass is 31.1. The van der Waals surface area contributed by atoms with Crippen LogP contribution < -0.4 is 0 Å². The van der Waals surface area contributed by atoms with E-state index < -0.39 is 17.4 Å². The average molecular weight is 158 g/mol. The summed E-state index contributed by atoms with van der Waals surface area (Å²) in [6.07, 6.45) is 0. The van der Waals surface area contributed by atoms with E-state index in [0.717, 1.165) is 0 Å². The van der Waals surface area contributed by atoms with Crippen molar-refractivity contribution in [2.45, 2.75) is 0 Å². The molecule has 0 rings (SSSR count). The van der Waals surface area contributed by atoms with Gasteiger partial charge < -0.3 is 0 Å². The molecule has 2 atom stereocenters. The molecular formula is C2H8O4P2+2. The van der Waals surface area contributed by atoms with E-state index in [0.29, 0.717) is 0 Å². The van der Waals surface area contributed by atoms with Crippen molar-refractivity contribution in [3.63, 3.8) is 0 Å². The van der Waals surface area contributed by atoms with Crippen LogP contribution in [0.4, 0.5) is 0 Å². The van der Waals surface area contributed by atoms with Crippen LogP contribution in [0.15, 0.2) is 13.2 Å². The van der Waals surface area contributed by atoms with Crippen molar-refractivity contribution in [3.05, 3.63) is 13.2 Å². The molecule has 0 aliphatic rings. The molecule has 0 aliphatic heterocycles. The summed E-state index contributed by atoms with van der Waals surface area (Å²) < 4.78 is 17.0. The number of rotatable bonds is 0. The van der Waals surface area contributed by atoms with Crippen LogP contribution in [0.1, 0.15) is 0 Å². The monoisotopic (exact) mass is 158 g/mol. The average Bonchev–Trinajstić information content (AvgIpc) is 1.75. The van der Waals surface area contributed by atoms with Crippen LogP contribution in [-0.2, 0) is 9.13 Å². The van der Waals surface area contributed by atoms with Gasteiger partial charge in [-0.1, -0.05) is 0 Å². The molecule has 0 aromatic heterocycles. The molecule has 6 heteroatoms. The highest BCUT2D eigenvalue weighted by Crippen LogP contribution is 1.66. The maximum absolute atomic E-state index is 8.51. The molecule has 0 fully saturated rings. The lowest BCUT2D eigenvalue weighted by Gasteiger charge is -1.08. The summed E-state index contributed by atoms with van der Waals surface area (Å²) in [6.45, 7) is 6.00. The standard InChI is InChI=1S/C2H4.2HO2P/c1-2;2*1-3-2/h1-2H2;2*3H/p+2. The normalized spacial score (nSPS) is 5.75. The summed E-state index contributed by atoms with van der Waals surface area (Å²) in [7, 11) is -2.33. The summed E-state index contributed by atoms with van der Waals surface area (Å²) in [5, 5.41) is 0. The fourth-order valence-corrected chi connectivity index (χ4v) is 0. The molecule has 0 aromatic rings. The molecule has 0 saturated carbocycles. The Balaban J connectivity index is -0.0000000483. The van der Waals surface area contributed by atoms with Gasteiger partial charge in [0.15, 0.2) is 0 Å². The zero-order valence-electron chi connectivity index (χ0n) is 4.13. The predicted molar refractivity (Wildman–Crippen MR) is 33.7 cm³/mol. The van der Waals surface area contributed by atoms with Gasteiger partial charge in [0.1, 0.15) is 0 Å². The van der Waals surface area contributed by atoms with Crippen molar-refractivity contribution in [2.24, 2.45) is 0 Å². The Labute approximate surface area is 50.4 Å². The first-order valence-electron chi connectivity index (χ1n) is 1.36. The third-order valence-corrected chi connectivity index (χ3v) is 0. The second-order valence-corrected chi connectivity index (χ2v) is 0.548.